The third kappa shape index (κ3) is 3.83. The lowest BCUT2D eigenvalue weighted by atomic mass is 9.95. The zero-order valence-electron chi connectivity index (χ0n) is 18.2. The highest BCUT2D eigenvalue weighted by Crippen LogP contribution is 2.37. The van der Waals surface area contributed by atoms with Gasteiger partial charge in [-0.2, -0.15) is 5.10 Å². The molecule has 3 heterocycles. The van der Waals surface area contributed by atoms with Crippen LogP contribution in [-0.2, 0) is 13.5 Å². The molecule has 1 aromatic carbocycles. The number of carbonyl (C=O) groups excluding carboxylic acids is 1. The summed E-state index contributed by atoms with van der Waals surface area (Å²) in [5.74, 6) is -3.72. The highest BCUT2D eigenvalue weighted by Gasteiger charge is 2.34. The molecule has 4 rings (SSSR count). The predicted molar refractivity (Wildman–Crippen MR) is 112 cm³/mol. The van der Waals surface area contributed by atoms with Crippen LogP contribution < -0.4 is 4.74 Å². The van der Waals surface area contributed by atoms with Gasteiger partial charge >= 0.3 is 0 Å². The molecule has 168 valence electrons. The van der Waals surface area contributed by atoms with Crippen molar-refractivity contribution in [2.24, 2.45) is 7.05 Å². The van der Waals surface area contributed by atoms with Gasteiger partial charge in [-0.05, 0) is 45.4 Å². The number of ether oxygens (including phenoxy) is 1. The zero-order chi connectivity index (χ0) is 23.2. The second-order valence-corrected chi connectivity index (χ2v) is 8.09. The molecule has 0 unspecified atom stereocenters. The summed E-state index contributed by atoms with van der Waals surface area (Å²) in [6.07, 6.45) is 3.43. The normalized spacial score (nSPS) is 15.8. The molecule has 6 nitrogen and oxygen atoms in total. The number of fused-ring (bicyclic) bond motifs is 1. The molecule has 1 aliphatic heterocycles. The fourth-order valence-electron chi connectivity index (χ4n) is 4.11. The summed E-state index contributed by atoms with van der Waals surface area (Å²) in [6, 6.07) is 3.20. The summed E-state index contributed by atoms with van der Waals surface area (Å²) in [6.45, 7) is 6.01. The number of rotatable bonds is 4. The number of amides is 1. The van der Waals surface area contributed by atoms with Crippen molar-refractivity contribution in [3.63, 3.8) is 0 Å². The number of halogens is 3. The monoisotopic (exact) mass is 444 g/mol. The summed E-state index contributed by atoms with van der Waals surface area (Å²) in [4.78, 5) is 19.0. The maximum absolute atomic E-state index is 13.8. The molecule has 0 spiro atoms. The molecule has 0 bridgehead atoms. The molecule has 0 saturated carbocycles. The fourth-order valence-corrected chi connectivity index (χ4v) is 4.11. The van der Waals surface area contributed by atoms with E-state index in [0.29, 0.717) is 35.7 Å². The average molecular weight is 444 g/mol. The number of hydrogen-bond donors (Lipinski definition) is 0. The van der Waals surface area contributed by atoms with Crippen molar-refractivity contribution in [3.05, 3.63) is 64.9 Å². The van der Waals surface area contributed by atoms with E-state index in [1.54, 1.807) is 24.2 Å². The number of aromatic nitrogens is 3. The van der Waals surface area contributed by atoms with Crippen LogP contribution in [0.25, 0.3) is 11.3 Å². The molecule has 0 N–H and O–H groups in total. The van der Waals surface area contributed by atoms with Crippen LogP contribution >= 0.6 is 0 Å². The Balaban J connectivity index is 1.66. The highest BCUT2D eigenvalue weighted by atomic mass is 19.2. The van der Waals surface area contributed by atoms with Crippen LogP contribution in [0.1, 0.15) is 48.4 Å². The van der Waals surface area contributed by atoms with E-state index >= 15 is 0 Å². The number of benzene rings is 1. The van der Waals surface area contributed by atoms with Crippen LogP contribution in [-0.4, -0.2) is 38.2 Å². The van der Waals surface area contributed by atoms with Crippen LogP contribution in [0.5, 0.6) is 5.75 Å². The van der Waals surface area contributed by atoms with Crippen LogP contribution in [0.15, 0.2) is 30.6 Å². The third-order valence-corrected chi connectivity index (χ3v) is 5.49. The standard InChI is InChI=1S/C23H23F3N4O2/c1-12(2)32-16-7-15(10-27-11-16)23(31)30-6-5-17-21(13(30)3)28-29(4)22(17)14-8-18(24)20(26)19(25)9-14/h7-13H,5-6H2,1-4H3/t13-/m0/s1. The quantitative estimate of drug-likeness (QED) is 0.558. The minimum atomic E-state index is -1.51. The van der Waals surface area contributed by atoms with Crippen molar-refractivity contribution in [2.45, 2.75) is 39.3 Å². The number of aryl methyl sites for hydroxylation is 1. The Morgan fingerprint density at radius 1 is 1.16 bits per heavy atom. The third-order valence-electron chi connectivity index (χ3n) is 5.49. The Morgan fingerprint density at radius 3 is 2.50 bits per heavy atom. The summed E-state index contributed by atoms with van der Waals surface area (Å²) in [5.41, 5.74) is 2.52. The minimum Gasteiger partial charge on any atom is -0.489 e. The molecule has 0 aliphatic carbocycles. The molecular weight excluding hydrogens is 421 g/mol. The van der Waals surface area contributed by atoms with Gasteiger partial charge in [-0.15, -0.1) is 0 Å². The van der Waals surface area contributed by atoms with E-state index in [1.165, 1.54) is 10.9 Å². The van der Waals surface area contributed by atoms with E-state index in [1.807, 2.05) is 20.8 Å². The van der Waals surface area contributed by atoms with Gasteiger partial charge in [0.05, 0.1) is 35.3 Å². The Morgan fingerprint density at radius 2 is 1.84 bits per heavy atom. The average Bonchev–Trinajstić information content (AvgIpc) is 3.08. The molecule has 32 heavy (non-hydrogen) atoms. The van der Waals surface area contributed by atoms with Gasteiger partial charge in [0.15, 0.2) is 17.5 Å². The first-order chi connectivity index (χ1) is 15.2. The summed E-state index contributed by atoms with van der Waals surface area (Å²) < 4.78 is 48.2. The molecule has 1 aliphatic rings. The van der Waals surface area contributed by atoms with E-state index in [0.717, 1.165) is 17.7 Å². The molecular formula is C23H23F3N4O2. The molecule has 0 saturated heterocycles. The zero-order valence-corrected chi connectivity index (χ0v) is 18.2. The molecule has 1 amide bonds. The van der Waals surface area contributed by atoms with Crippen LogP contribution in [0.3, 0.4) is 0 Å². The van der Waals surface area contributed by atoms with Gasteiger partial charge in [-0.1, -0.05) is 0 Å². The second kappa shape index (κ2) is 8.29. The van der Waals surface area contributed by atoms with Crippen molar-refractivity contribution >= 4 is 5.91 Å². The summed E-state index contributed by atoms with van der Waals surface area (Å²) >= 11 is 0. The van der Waals surface area contributed by atoms with Gasteiger partial charge in [-0.3, -0.25) is 14.5 Å². The van der Waals surface area contributed by atoms with E-state index in [4.69, 9.17) is 4.74 Å². The maximum Gasteiger partial charge on any atom is 0.256 e. The van der Waals surface area contributed by atoms with Crippen molar-refractivity contribution in [1.82, 2.24) is 19.7 Å². The van der Waals surface area contributed by atoms with Gasteiger partial charge in [0.1, 0.15) is 5.75 Å². The SMILES string of the molecule is CC(C)Oc1cncc(C(=O)N2CCc3c(nn(C)c3-c3cc(F)c(F)c(F)c3)[C@@H]2C)c1. The molecule has 0 fully saturated rings. The molecule has 3 aromatic rings. The van der Waals surface area contributed by atoms with Crippen molar-refractivity contribution < 1.29 is 22.7 Å². The number of nitrogens with zero attached hydrogens (tertiary/aromatic N) is 4. The lowest BCUT2D eigenvalue weighted by Gasteiger charge is -2.33. The number of hydrogen-bond acceptors (Lipinski definition) is 4. The minimum absolute atomic E-state index is 0.0494. The maximum atomic E-state index is 13.8. The summed E-state index contributed by atoms with van der Waals surface area (Å²) in [5, 5.41) is 4.52. The lowest BCUT2D eigenvalue weighted by Crippen LogP contribution is -2.39. The second-order valence-electron chi connectivity index (χ2n) is 8.09. The van der Waals surface area contributed by atoms with E-state index in [2.05, 4.69) is 10.1 Å². The summed E-state index contributed by atoms with van der Waals surface area (Å²) in [7, 11) is 1.66. The number of carbonyl (C=O) groups is 1. The van der Waals surface area contributed by atoms with Gasteiger partial charge in [0.25, 0.3) is 5.91 Å². The smallest absolute Gasteiger partial charge is 0.256 e. The topological polar surface area (TPSA) is 60.2 Å². The van der Waals surface area contributed by atoms with Crippen molar-refractivity contribution in [1.29, 1.82) is 0 Å². The Hall–Kier alpha value is -3.36. The van der Waals surface area contributed by atoms with Gasteiger partial charge in [-0.25, -0.2) is 13.2 Å². The Kier molecular flexibility index (Phi) is 5.66. The van der Waals surface area contributed by atoms with E-state index in [-0.39, 0.29) is 23.6 Å². The van der Waals surface area contributed by atoms with Crippen LogP contribution in [0.2, 0.25) is 0 Å². The van der Waals surface area contributed by atoms with E-state index in [9.17, 15) is 18.0 Å². The largest absolute Gasteiger partial charge is 0.489 e. The Bertz CT molecular complexity index is 1170. The Labute approximate surface area is 183 Å². The fraction of sp³-hybridized carbons (Fsp3) is 0.348. The van der Waals surface area contributed by atoms with Crippen LogP contribution in [0, 0.1) is 17.5 Å². The van der Waals surface area contributed by atoms with E-state index < -0.39 is 17.5 Å². The van der Waals surface area contributed by atoms with Gasteiger partial charge in [0, 0.05) is 30.9 Å². The first kappa shape index (κ1) is 21.9. The first-order valence-electron chi connectivity index (χ1n) is 10.3. The van der Waals surface area contributed by atoms with Crippen molar-refractivity contribution in [3.8, 4) is 17.0 Å². The van der Waals surface area contributed by atoms with Gasteiger partial charge < -0.3 is 9.64 Å². The predicted octanol–water partition coefficient (Wildman–Crippen LogP) is 4.45. The molecule has 9 heteroatoms. The molecule has 2 aromatic heterocycles. The lowest BCUT2D eigenvalue weighted by molar-refractivity contribution is 0.0672. The highest BCUT2D eigenvalue weighted by molar-refractivity contribution is 5.94. The first-order valence-corrected chi connectivity index (χ1v) is 10.3. The van der Waals surface area contributed by atoms with Gasteiger partial charge in [0.2, 0.25) is 0 Å². The molecule has 0 radical (unpaired) electrons. The molecule has 1 atom stereocenters. The van der Waals surface area contributed by atoms with Crippen LogP contribution in [0.4, 0.5) is 13.2 Å². The van der Waals surface area contributed by atoms with Crippen molar-refractivity contribution in [2.75, 3.05) is 6.54 Å². The number of pyridine rings is 1.